The van der Waals surface area contributed by atoms with Crippen LogP contribution in [0, 0.1) is 10.1 Å². The summed E-state index contributed by atoms with van der Waals surface area (Å²) < 4.78 is 4.75. The van der Waals surface area contributed by atoms with Crippen LogP contribution in [0.15, 0.2) is 0 Å². The number of nitrogens with zero attached hydrogens (tertiary/aromatic N) is 1. The van der Waals surface area contributed by atoms with Gasteiger partial charge in [-0.05, 0) is 12.2 Å². The van der Waals surface area contributed by atoms with Gasteiger partial charge < -0.3 is 4.74 Å². The maximum Gasteiger partial charge on any atom is 0.250 e. The van der Waals surface area contributed by atoms with Gasteiger partial charge in [-0.2, -0.15) is 0 Å². The lowest BCUT2D eigenvalue weighted by atomic mass is 10.1. The number of hydrogen-bond donors (Lipinski definition) is 1. The molecule has 0 unspecified atom stereocenters. The highest BCUT2D eigenvalue weighted by Gasteiger charge is 2.31. The van der Waals surface area contributed by atoms with Gasteiger partial charge in [0.1, 0.15) is 0 Å². The number of ether oxygens (including phenoxy) is 1. The van der Waals surface area contributed by atoms with Crippen molar-refractivity contribution < 1.29 is 9.66 Å². The van der Waals surface area contributed by atoms with E-state index in [1.165, 1.54) is 13.8 Å². The lowest BCUT2D eigenvalue weighted by Gasteiger charge is -2.14. The van der Waals surface area contributed by atoms with Crippen LogP contribution in [0.3, 0.4) is 0 Å². The van der Waals surface area contributed by atoms with Crippen LogP contribution in [0.25, 0.3) is 0 Å². The number of hydrogen-bond acceptors (Lipinski definition) is 4. The summed E-state index contributed by atoms with van der Waals surface area (Å²) in [5.74, 6) is 0. The molecule has 0 N–H and O–H groups in total. The van der Waals surface area contributed by atoms with Gasteiger partial charge in [-0.25, -0.2) is 0 Å². The standard InChI is InChI=1S/C5H9NO3S2/c1-5(2,6(7)8)3-9-4(10)11/h3H2,1-2H3,(H,10,11). The van der Waals surface area contributed by atoms with Gasteiger partial charge in [0.2, 0.25) is 9.92 Å². The molecule has 0 aliphatic heterocycles. The Morgan fingerprint density at radius 3 is 2.55 bits per heavy atom. The van der Waals surface area contributed by atoms with Gasteiger partial charge in [0.25, 0.3) is 0 Å². The first-order valence-electron chi connectivity index (χ1n) is 2.86. The molecule has 0 fully saturated rings. The van der Waals surface area contributed by atoms with Crippen molar-refractivity contribution >= 4 is 29.2 Å². The lowest BCUT2D eigenvalue weighted by molar-refractivity contribution is -0.563. The quantitative estimate of drug-likeness (QED) is 0.319. The molecule has 0 aromatic carbocycles. The third-order valence-electron chi connectivity index (χ3n) is 1.04. The second-order valence-corrected chi connectivity index (χ2v) is 3.70. The summed E-state index contributed by atoms with van der Waals surface area (Å²) in [4.78, 5) is 9.87. The minimum atomic E-state index is -1.10. The first-order chi connectivity index (χ1) is 4.86. The van der Waals surface area contributed by atoms with Crippen LogP contribution in [-0.4, -0.2) is 21.5 Å². The van der Waals surface area contributed by atoms with E-state index in [1.54, 1.807) is 0 Å². The fourth-order valence-electron chi connectivity index (χ4n) is 0.291. The predicted octanol–water partition coefficient (Wildman–Crippen LogP) is 1.27. The van der Waals surface area contributed by atoms with E-state index in [-0.39, 0.29) is 11.0 Å². The van der Waals surface area contributed by atoms with Crippen LogP contribution < -0.4 is 0 Å². The minimum absolute atomic E-state index is 0.0277. The maximum atomic E-state index is 10.3. The molecule has 0 amide bonds. The van der Waals surface area contributed by atoms with Crippen molar-refractivity contribution in [3.8, 4) is 0 Å². The molecule has 64 valence electrons. The molecule has 0 aromatic rings. The molecular weight excluding hydrogens is 186 g/mol. The molecule has 0 aliphatic rings. The van der Waals surface area contributed by atoms with Crippen LogP contribution >= 0.6 is 24.8 Å². The third kappa shape index (κ3) is 4.15. The van der Waals surface area contributed by atoms with E-state index in [2.05, 4.69) is 24.8 Å². The van der Waals surface area contributed by atoms with Crippen molar-refractivity contribution in [1.29, 1.82) is 0 Å². The molecule has 0 radical (unpaired) electrons. The second kappa shape index (κ2) is 3.87. The predicted molar refractivity (Wildman–Crippen MR) is 48.6 cm³/mol. The molecule has 4 nitrogen and oxygen atoms in total. The van der Waals surface area contributed by atoms with Gasteiger partial charge in [0.05, 0.1) is 0 Å². The van der Waals surface area contributed by atoms with Crippen molar-refractivity contribution in [2.75, 3.05) is 6.61 Å². The molecule has 0 aromatic heterocycles. The number of rotatable bonds is 3. The Hall–Kier alpha value is -0.360. The monoisotopic (exact) mass is 195 g/mol. The molecule has 6 heteroatoms. The molecule has 0 aliphatic carbocycles. The Bertz CT molecular complexity index is 181. The summed E-state index contributed by atoms with van der Waals surface area (Å²) in [5, 5.41) is 10.3. The number of thiocarbonyl (C=S) groups is 1. The van der Waals surface area contributed by atoms with E-state index in [9.17, 15) is 10.1 Å². The van der Waals surface area contributed by atoms with Crippen molar-refractivity contribution in [2.24, 2.45) is 0 Å². The summed E-state index contributed by atoms with van der Waals surface area (Å²) >= 11 is 8.13. The zero-order valence-corrected chi connectivity index (χ0v) is 7.95. The number of nitro groups is 1. The minimum Gasteiger partial charge on any atom is -0.471 e. The second-order valence-electron chi connectivity index (χ2n) is 2.62. The highest BCUT2D eigenvalue weighted by molar-refractivity contribution is 8.10. The summed E-state index contributed by atoms with van der Waals surface area (Å²) in [7, 11) is 0. The highest BCUT2D eigenvalue weighted by atomic mass is 32.1. The first kappa shape index (κ1) is 10.6. The zero-order valence-electron chi connectivity index (χ0n) is 6.23. The van der Waals surface area contributed by atoms with Crippen molar-refractivity contribution in [1.82, 2.24) is 0 Å². The number of thiol groups is 1. The summed E-state index contributed by atoms with van der Waals surface area (Å²) in [5.41, 5.74) is -1.10. The van der Waals surface area contributed by atoms with Crippen LogP contribution in [0.2, 0.25) is 0 Å². The Morgan fingerprint density at radius 1 is 1.82 bits per heavy atom. The lowest BCUT2D eigenvalue weighted by Crippen LogP contribution is -2.36. The smallest absolute Gasteiger partial charge is 0.250 e. The highest BCUT2D eigenvalue weighted by Crippen LogP contribution is 2.08. The molecule has 0 heterocycles. The SMILES string of the molecule is CC(C)(COC(=S)S)[N+](=O)[O-]. The van der Waals surface area contributed by atoms with E-state index in [1.807, 2.05) is 0 Å². The van der Waals surface area contributed by atoms with Crippen LogP contribution in [0.1, 0.15) is 13.8 Å². The zero-order chi connectivity index (χ0) is 9.07. The average Bonchev–Trinajstić information content (AvgIpc) is 1.84. The topological polar surface area (TPSA) is 52.4 Å². The summed E-state index contributed by atoms with van der Waals surface area (Å²) in [6, 6.07) is 0. The third-order valence-corrected chi connectivity index (χ3v) is 1.29. The van der Waals surface area contributed by atoms with Crippen LogP contribution in [0.5, 0.6) is 0 Å². The van der Waals surface area contributed by atoms with Crippen LogP contribution in [-0.2, 0) is 4.74 Å². The molecule has 0 rings (SSSR count). The Labute approximate surface area is 75.5 Å². The van der Waals surface area contributed by atoms with Crippen molar-refractivity contribution in [2.45, 2.75) is 19.4 Å². The van der Waals surface area contributed by atoms with Gasteiger partial charge in [-0.3, -0.25) is 10.1 Å². The van der Waals surface area contributed by atoms with Gasteiger partial charge in [0.15, 0.2) is 6.61 Å². The Balaban J connectivity index is 3.92. The van der Waals surface area contributed by atoms with Gasteiger partial charge in [-0.15, -0.1) is 0 Å². The van der Waals surface area contributed by atoms with E-state index in [4.69, 9.17) is 4.74 Å². The summed E-state index contributed by atoms with van der Waals surface area (Å²) in [6.07, 6.45) is 0. The molecule has 0 atom stereocenters. The van der Waals surface area contributed by atoms with Gasteiger partial charge in [-0.1, -0.05) is 12.6 Å². The average molecular weight is 195 g/mol. The molecule has 0 bridgehead atoms. The van der Waals surface area contributed by atoms with Crippen molar-refractivity contribution in [3.63, 3.8) is 0 Å². The normalized spacial score (nSPS) is 10.8. The Kier molecular flexibility index (Phi) is 3.74. The summed E-state index contributed by atoms with van der Waals surface area (Å²) in [6.45, 7) is 2.86. The van der Waals surface area contributed by atoms with Crippen molar-refractivity contribution in [3.05, 3.63) is 10.1 Å². The fraction of sp³-hybridized carbons (Fsp3) is 0.800. The van der Waals surface area contributed by atoms with E-state index >= 15 is 0 Å². The van der Waals surface area contributed by atoms with Gasteiger partial charge in [0, 0.05) is 18.8 Å². The van der Waals surface area contributed by atoms with Crippen LogP contribution in [0.4, 0.5) is 0 Å². The molecule has 11 heavy (non-hydrogen) atoms. The molecule has 0 saturated carbocycles. The molecule has 0 saturated heterocycles. The largest absolute Gasteiger partial charge is 0.471 e. The molecular formula is C5H9NO3S2. The van der Waals surface area contributed by atoms with Gasteiger partial charge >= 0.3 is 0 Å². The van der Waals surface area contributed by atoms with E-state index < -0.39 is 10.5 Å². The first-order valence-corrected chi connectivity index (χ1v) is 3.72. The Morgan fingerprint density at radius 2 is 2.27 bits per heavy atom. The van der Waals surface area contributed by atoms with E-state index in [0.29, 0.717) is 0 Å². The molecule has 0 spiro atoms. The maximum absolute atomic E-state index is 10.3. The fourth-order valence-corrected chi connectivity index (χ4v) is 0.415. The van der Waals surface area contributed by atoms with E-state index in [0.717, 1.165) is 0 Å².